The lowest BCUT2D eigenvalue weighted by Crippen LogP contribution is -2.32. The Kier molecular flexibility index (Phi) is 5.72. The third-order valence-corrected chi connectivity index (χ3v) is 5.29. The summed E-state index contributed by atoms with van der Waals surface area (Å²) < 4.78 is 5.40. The summed E-state index contributed by atoms with van der Waals surface area (Å²) >= 11 is 0. The number of nitrogens with zero attached hydrogens (tertiary/aromatic N) is 3. The molecule has 2 aromatic heterocycles. The first-order valence-electron chi connectivity index (χ1n) is 10.1. The summed E-state index contributed by atoms with van der Waals surface area (Å²) in [5, 5.41) is 3.39. The second-order valence-electron chi connectivity index (χ2n) is 7.39. The molecule has 1 aromatic carbocycles. The quantitative estimate of drug-likeness (QED) is 0.658. The fraction of sp³-hybridized carbons (Fsp3) is 0.304. The van der Waals surface area contributed by atoms with Crippen molar-refractivity contribution in [2.45, 2.75) is 26.8 Å². The molecular weight excluding hydrogens is 380 g/mol. The molecule has 7 nitrogen and oxygen atoms in total. The highest BCUT2D eigenvalue weighted by atomic mass is 16.5. The van der Waals surface area contributed by atoms with Crippen molar-refractivity contribution in [3.63, 3.8) is 0 Å². The predicted octanol–water partition coefficient (Wildman–Crippen LogP) is 3.11. The van der Waals surface area contributed by atoms with Crippen LogP contribution in [0.1, 0.15) is 34.1 Å². The van der Waals surface area contributed by atoms with Crippen molar-refractivity contribution in [2.24, 2.45) is 0 Å². The van der Waals surface area contributed by atoms with Crippen LogP contribution in [0.2, 0.25) is 0 Å². The molecule has 30 heavy (non-hydrogen) atoms. The summed E-state index contributed by atoms with van der Waals surface area (Å²) in [4.78, 5) is 36.5. The number of likely N-dealkylation sites (N-methyl/N-ethyl adjacent to an activating group) is 1. The Morgan fingerprint density at radius 2 is 2.03 bits per heavy atom. The van der Waals surface area contributed by atoms with E-state index in [1.807, 2.05) is 37.3 Å². The van der Waals surface area contributed by atoms with E-state index in [0.717, 1.165) is 47.2 Å². The summed E-state index contributed by atoms with van der Waals surface area (Å²) in [6.07, 6.45) is 2.45. The molecule has 7 heteroatoms. The Labute approximate surface area is 175 Å². The van der Waals surface area contributed by atoms with Gasteiger partial charge in [0.15, 0.2) is 6.61 Å². The molecular formula is C23H24N4O3. The van der Waals surface area contributed by atoms with Crippen LogP contribution in [0.4, 0.5) is 5.82 Å². The molecule has 0 spiro atoms. The number of aromatic nitrogens is 2. The Balaban J connectivity index is 1.56. The van der Waals surface area contributed by atoms with E-state index in [0.29, 0.717) is 17.9 Å². The minimum Gasteiger partial charge on any atom is -0.452 e. The highest BCUT2D eigenvalue weighted by Gasteiger charge is 2.26. The minimum atomic E-state index is -0.505. The molecule has 1 amide bonds. The number of para-hydroxylation sites is 1. The van der Waals surface area contributed by atoms with Gasteiger partial charge in [-0.05, 0) is 31.2 Å². The molecule has 0 saturated carbocycles. The first-order valence-corrected chi connectivity index (χ1v) is 10.1. The molecule has 154 valence electrons. The van der Waals surface area contributed by atoms with Gasteiger partial charge < -0.3 is 10.1 Å². The van der Waals surface area contributed by atoms with Crippen LogP contribution in [0.3, 0.4) is 0 Å². The van der Waals surface area contributed by atoms with Gasteiger partial charge in [0.05, 0.1) is 11.1 Å². The van der Waals surface area contributed by atoms with Gasteiger partial charge in [-0.25, -0.2) is 9.78 Å². The SMILES string of the molecule is CCN1CCc2nc3ccccc3c(C(=O)OCC(=O)Nc3ccc(C)cn3)c2C1. The molecule has 3 heterocycles. The molecule has 0 saturated heterocycles. The van der Waals surface area contributed by atoms with E-state index in [4.69, 9.17) is 9.72 Å². The van der Waals surface area contributed by atoms with Crippen molar-refractivity contribution < 1.29 is 14.3 Å². The number of rotatable bonds is 5. The molecule has 4 rings (SSSR count). The highest BCUT2D eigenvalue weighted by molar-refractivity contribution is 6.06. The number of nitrogens with one attached hydrogen (secondary N) is 1. The molecule has 1 aliphatic rings. The van der Waals surface area contributed by atoms with Gasteiger partial charge >= 0.3 is 5.97 Å². The lowest BCUT2D eigenvalue weighted by molar-refractivity contribution is -0.119. The number of carbonyl (C=O) groups excluding carboxylic acids is 2. The number of fused-ring (bicyclic) bond motifs is 2. The van der Waals surface area contributed by atoms with E-state index < -0.39 is 11.9 Å². The van der Waals surface area contributed by atoms with Crippen LogP contribution in [-0.2, 0) is 22.5 Å². The summed E-state index contributed by atoms with van der Waals surface area (Å²) in [5.74, 6) is -0.510. The van der Waals surface area contributed by atoms with Gasteiger partial charge in [-0.1, -0.05) is 31.2 Å². The number of anilines is 1. The zero-order chi connectivity index (χ0) is 21.1. The van der Waals surface area contributed by atoms with E-state index in [2.05, 4.69) is 22.1 Å². The summed E-state index contributed by atoms with van der Waals surface area (Å²) in [6.45, 7) is 6.09. The van der Waals surface area contributed by atoms with Gasteiger partial charge in [0.1, 0.15) is 5.82 Å². The first-order chi connectivity index (χ1) is 14.5. The van der Waals surface area contributed by atoms with Crippen molar-refractivity contribution >= 4 is 28.6 Å². The van der Waals surface area contributed by atoms with Crippen molar-refractivity contribution in [1.29, 1.82) is 0 Å². The summed E-state index contributed by atoms with van der Waals surface area (Å²) in [6, 6.07) is 11.1. The van der Waals surface area contributed by atoms with E-state index in [1.54, 1.807) is 12.3 Å². The predicted molar refractivity (Wildman–Crippen MR) is 114 cm³/mol. The van der Waals surface area contributed by atoms with Gasteiger partial charge in [0, 0.05) is 42.4 Å². The smallest absolute Gasteiger partial charge is 0.339 e. The van der Waals surface area contributed by atoms with Crippen molar-refractivity contribution in [1.82, 2.24) is 14.9 Å². The van der Waals surface area contributed by atoms with E-state index in [-0.39, 0.29) is 6.61 Å². The van der Waals surface area contributed by atoms with Crippen molar-refractivity contribution in [2.75, 3.05) is 25.0 Å². The molecule has 3 aromatic rings. The Morgan fingerprint density at radius 1 is 1.20 bits per heavy atom. The van der Waals surface area contributed by atoms with Crippen molar-refractivity contribution in [3.05, 3.63) is 65.0 Å². The third-order valence-electron chi connectivity index (χ3n) is 5.29. The highest BCUT2D eigenvalue weighted by Crippen LogP contribution is 2.28. The Morgan fingerprint density at radius 3 is 2.80 bits per heavy atom. The average Bonchev–Trinajstić information content (AvgIpc) is 2.77. The number of hydrogen-bond donors (Lipinski definition) is 1. The van der Waals surface area contributed by atoms with E-state index >= 15 is 0 Å². The fourth-order valence-corrected chi connectivity index (χ4v) is 3.67. The van der Waals surface area contributed by atoms with Gasteiger partial charge in [0.2, 0.25) is 0 Å². The normalized spacial score (nSPS) is 13.7. The summed E-state index contributed by atoms with van der Waals surface area (Å²) in [7, 11) is 0. The van der Waals surface area contributed by atoms with E-state index in [1.165, 1.54) is 0 Å². The third kappa shape index (κ3) is 4.16. The van der Waals surface area contributed by atoms with E-state index in [9.17, 15) is 9.59 Å². The summed E-state index contributed by atoms with van der Waals surface area (Å²) in [5.41, 5.74) is 4.09. The molecule has 1 aliphatic heterocycles. The molecule has 1 N–H and O–H groups in total. The molecule has 0 radical (unpaired) electrons. The molecule has 0 aliphatic carbocycles. The van der Waals surface area contributed by atoms with Gasteiger partial charge in [-0.3, -0.25) is 14.7 Å². The van der Waals surface area contributed by atoms with Gasteiger partial charge in [-0.15, -0.1) is 0 Å². The minimum absolute atomic E-state index is 0.378. The number of carbonyl (C=O) groups is 2. The van der Waals surface area contributed by atoms with Crippen LogP contribution in [0.5, 0.6) is 0 Å². The number of aryl methyl sites for hydroxylation is 1. The second-order valence-corrected chi connectivity index (χ2v) is 7.39. The Bertz CT molecular complexity index is 1100. The van der Waals surface area contributed by atoms with Crippen LogP contribution in [0.25, 0.3) is 10.9 Å². The second kappa shape index (κ2) is 8.59. The molecule has 0 bridgehead atoms. The maximum Gasteiger partial charge on any atom is 0.339 e. The monoisotopic (exact) mass is 404 g/mol. The molecule has 0 fully saturated rings. The van der Waals surface area contributed by atoms with Gasteiger partial charge in [0.25, 0.3) is 5.91 Å². The first kappa shape index (κ1) is 20.0. The van der Waals surface area contributed by atoms with Crippen LogP contribution in [-0.4, -0.2) is 46.4 Å². The lowest BCUT2D eigenvalue weighted by Gasteiger charge is -2.28. The number of benzene rings is 1. The molecule has 0 atom stereocenters. The van der Waals surface area contributed by atoms with Crippen LogP contribution >= 0.6 is 0 Å². The average molecular weight is 404 g/mol. The number of hydrogen-bond acceptors (Lipinski definition) is 6. The molecule has 0 unspecified atom stereocenters. The number of ether oxygens (including phenoxy) is 1. The van der Waals surface area contributed by atoms with Crippen LogP contribution < -0.4 is 5.32 Å². The Hall–Kier alpha value is -3.32. The number of esters is 1. The topological polar surface area (TPSA) is 84.4 Å². The number of amides is 1. The maximum absolute atomic E-state index is 13.1. The van der Waals surface area contributed by atoms with Gasteiger partial charge in [-0.2, -0.15) is 0 Å². The lowest BCUT2D eigenvalue weighted by atomic mass is 9.96. The van der Waals surface area contributed by atoms with Crippen molar-refractivity contribution in [3.8, 4) is 0 Å². The number of pyridine rings is 2. The largest absolute Gasteiger partial charge is 0.452 e. The zero-order valence-corrected chi connectivity index (χ0v) is 17.1. The maximum atomic E-state index is 13.1. The van der Waals surface area contributed by atoms with Crippen LogP contribution in [0.15, 0.2) is 42.6 Å². The fourth-order valence-electron chi connectivity index (χ4n) is 3.67. The van der Waals surface area contributed by atoms with Crippen LogP contribution in [0, 0.1) is 6.92 Å². The standard InChI is InChI=1S/C23H24N4O3/c1-3-27-11-10-19-17(13-27)22(16-6-4-5-7-18(16)25-19)23(29)30-14-21(28)26-20-9-8-15(2)12-24-20/h4-9,12H,3,10-11,13-14H2,1-2H3,(H,24,26,28). The zero-order valence-electron chi connectivity index (χ0n) is 17.1.